The third-order valence-corrected chi connectivity index (χ3v) is 2.58. The number of hydrogen-bond donors (Lipinski definition) is 4. The zero-order valence-corrected chi connectivity index (χ0v) is 10.9. The molecule has 1 aromatic rings. The van der Waals surface area contributed by atoms with Gasteiger partial charge in [-0.1, -0.05) is 6.92 Å². The summed E-state index contributed by atoms with van der Waals surface area (Å²) in [6.07, 6.45) is 0. The first-order valence-electron chi connectivity index (χ1n) is 6.11. The van der Waals surface area contributed by atoms with Crippen molar-refractivity contribution in [3.63, 3.8) is 0 Å². The Morgan fingerprint density at radius 1 is 1.50 bits per heavy atom. The molecule has 0 saturated heterocycles. The van der Waals surface area contributed by atoms with E-state index in [2.05, 4.69) is 10.6 Å². The normalized spacial score (nSPS) is 11.9. The third kappa shape index (κ3) is 3.92. The fraction of sp³-hybridized carbons (Fsp3) is 0.462. The van der Waals surface area contributed by atoms with Gasteiger partial charge >= 0.3 is 0 Å². The first kappa shape index (κ1) is 14.3. The average molecular weight is 251 g/mol. The van der Waals surface area contributed by atoms with Crippen LogP contribution in [0.4, 0.5) is 11.4 Å². The average Bonchev–Trinajstić information content (AvgIpc) is 2.36. The summed E-state index contributed by atoms with van der Waals surface area (Å²) in [7, 11) is 0. The van der Waals surface area contributed by atoms with E-state index in [4.69, 9.17) is 10.8 Å². The van der Waals surface area contributed by atoms with Crippen LogP contribution in [0.5, 0.6) is 0 Å². The molecular weight excluding hydrogens is 230 g/mol. The van der Waals surface area contributed by atoms with Crippen LogP contribution in [0, 0.1) is 5.92 Å². The van der Waals surface area contributed by atoms with E-state index >= 15 is 0 Å². The topological polar surface area (TPSA) is 87.4 Å². The van der Waals surface area contributed by atoms with Gasteiger partial charge in [-0.3, -0.25) is 4.79 Å². The third-order valence-electron chi connectivity index (χ3n) is 2.58. The lowest BCUT2D eigenvalue weighted by molar-refractivity contribution is 0.0956. The minimum absolute atomic E-state index is 0.103. The summed E-state index contributed by atoms with van der Waals surface area (Å²) >= 11 is 0. The van der Waals surface area contributed by atoms with Gasteiger partial charge in [0.1, 0.15) is 0 Å². The molecule has 0 heterocycles. The molecule has 5 N–H and O–H groups in total. The molecule has 1 aromatic carbocycles. The number of aliphatic hydroxyl groups excluding tert-OH is 1. The Labute approximate surface area is 107 Å². The minimum atomic E-state index is -0.128. The Morgan fingerprint density at radius 3 is 2.83 bits per heavy atom. The number of hydrogen-bond acceptors (Lipinski definition) is 4. The van der Waals surface area contributed by atoms with E-state index in [-0.39, 0.29) is 18.4 Å². The van der Waals surface area contributed by atoms with Gasteiger partial charge in [0.05, 0.1) is 5.56 Å². The van der Waals surface area contributed by atoms with E-state index in [1.165, 1.54) is 0 Å². The van der Waals surface area contributed by atoms with E-state index in [9.17, 15) is 4.79 Å². The standard InChI is InChI=1S/C13H21N3O2/c1-3-15-13(18)11-5-4-10(14)6-12(11)16-7-9(2)8-17/h4-6,9,16-17H,3,7-8,14H2,1-2H3,(H,15,18). The van der Waals surface area contributed by atoms with Crippen LogP contribution in [-0.2, 0) is 0 Å². The number of amides is 1. The molecule has 1 amide bonds. The number of rotatable bonds is 6. The molecule has 0 aliphatic rings. The van der Waals surface area contributed by atoms with E-state index in [0.29, 0.717) is 30.0 Å². The monoisotopic (exact) mass is 251 g/mol. The second-order valence-electron chi connectivity index (χ2n) is 4.33. The number of nitrogens with one attached hydrogen (secondary N) is 2. The van der Waals surface area contributed by atoms with Crippen LogP contribution in [0.3, 0.4) is 0 Å². The highest BCUT2D eigenvalue weighted by molar-refractivity contribution is 6.00. The Bertz CT molecular complexity index is 407. The molecule has 0 radical (unpaired) electrons. The van der Waals surface area contributed by atoms with E-state index in [1.54, 1.807) is 18.2 Å². The molecule has 0 aromatic heterocycles. The van der Waals surface area contributed by atoms with Crippen LogP contribution >= 0.6 is 0 Å². The predicted molar refractivity (Wildman–Crippen MR) is 73.6 cm³/mol. The fourth-order valence-corrected chi connectivity index (χ4v) is 1.51. The SMILES string of the molecule is CCNC(=O)c1ccc(N)cc1NCC(C)CO. The van der Waals surface area contributed by atoms with Crippen LogP contribution in [0.15, 0.2) is 18.2 Å². The Kier molecular flexibility index (Phi) is 5.45. The van der Waals surface area contributed by atoms with Crippen LogP contribution in [-0.4, -0.2) is 30.7 Å². The second kappa shape index (κ2) is 6.86. The molecule has 0 aliphatic heterocycles. The molecule has 5 heteroatoms. The molecule has 1 atom stereocenters. The van der Waals surface area contributed by atoms with Crippen LogP contribution in [0.2, 0.25) is 0 Å². The minimum Gasteiger partial charge on any atom is -0.399 e. The Balaban J connectivity index is 2.86. The van der Waals surface area contributed by atoms with E-state index in [1.807, 2.05) is 13.8 Å². The van der Waals surface area contributed by atoms with E-state index < -0.39 is 0 Å². The van der Waals surface area contributed by atoms with Gasteiger partial charge in [-0.05, 0) is 31.0 Å². The van der Waals surface area contributed by atoms with Crippen molar-refractivity contribution in [3.05, 3.63) is 23.8 Å². The first-order valence-corrected chi connectivity index (χ1v) is 6.11. The maximum atomic E-state index is 11.8. The molecule has 0 aliphatic carbocycles. The number of carbonyl (C=O) groups excluding carboxylic acids is 1. The number of aliphatic hydroxyl groups is 1. The van der Waals surface area contributed by atoms with Gasteiger partial charge in [-0.2, -0.15) is 0 Å². The second-order valence-corrected chi connectivity index (χ2v) is 4.33. The summed E-state index contributed by atoms with van der Waals surface area (Å²) in [6, 6.07) is 5.13. The zero-order chi connectivity index (χ0) is 13.5. The summed E-state index contributed by atoms with van der Waals surface area (Å²) in [6.45, 7) is 5.06. The van der Waals surface area contributed by atoms with Gasteiger partial charge in [-0.25, -0.2) is 0 Å². The van der Waals surface area contributed by atoms with Gasteiger partial charge in [0, 0.05) is 31.1 Å². The fourth-order valence-electron chi connectivity index (χ4n) is 1.51. The largest absolute Gasteiger partial charge is 0.399 e. The lowest BCUT2D eigenvalue weighted by atomic mass is 10.1. The molecule has 18 heavy (non-hydrogen) atoms. The van der Waals surface area contributed by atoms with Crippen molar-refractivity contribution in [2.45, 2.75) is 13.8 Å². The summed E-state index contributed by atoms with van der Waals surface area (Å²) in [4.78, 5) is 11.8. The van der Waals surface area contributed by atoms with Gasteiger partial charge in [0.25, 0.3) is 5.91 Å². The van der Waals surface area contributed by atoms with Crippen molar-refractivity contribution in [2.24, 2.45) is 5.92 Å². The molecule has 5 nitrogen and oxygen atoms in total. The van der Waals surface area contributed by atoms with Crippen molar-refractivity contribution < 1.29 is 9.90 Å². The van der Waals surface area contributed by atoms with Crippen molar-refractivity contribution in [3.8, 4) is 0 Å². The lowest BCUT2D eigenvalue weighted by Crippen LogP contribution is -2.24. The van der Waals surface area contributed by atoms with Gasteiger partial charge in [0.15, 0.2) is 0 Å². The van der Waals surface area contributed by atoms with Gasteiger partial charge < -0.3 is 21.5 Å². The molecule has 0 bridgehead atoms. The summed E-state index contributed by atoms with van der Waals surface area (Å²) in [5.74, 6) is -0.00910. The summed E-state index contributed by atoms with van der Waals surface area (Å²) in [5, 5.41) is 14.9. The zero-order valence-electron chi connectivity index (χ0n) is 10.9. The molecule has 100 valence electrons. The predicted octanol–water partition coefficient (Wildman–Crippen LogP) is 1.06. The van der Waals surface area contributed by atoms with Crippen LogP contribution < -0.4 is 16.4 Å². The maximum absolute atomic E-state index is 11.8. The molecule has 0 spiro atoms. The van der Waals surface area contributed by atoms with Crippen molar-refractivity contribution >= 4 is 17.3 Å². The molecular formula is C13H21N3O2. The van der Waals surface area contributed by atoms with Crippen molar-refractivity contribution in [2.75, 3.05) is 30.7 Å². The van der Waals surface area contributed by atoms with Gasteiger partial charge in [-0.15, -0.1) is 0 Å². The molecule has 1 rings (SSSR count). The van der Waals surface area contributed by atoms with E-state index in [0.717, 1.165) is 0 Å². The molecule has 1 unspecified atom stereocenters. The first-order chi connectivity index (χ1) is 8.58. The highest BCUT2D eigenvalue weighted by Gasteiger charge is 2.11. The number of nitrogens with two attached hydrogens (primary N) is 1. The molecule has 0 fully saturated rings. The lowest BCUT2D eigenvalue weighted by Gasteiger charge is -2.15. The van der Waals surface area contributed by atoms with Crippen molar-refractivity contribution in [1.82, 2.24) is 5.32 Å². The summed E-state index contributed by atoms with van der Waals surface area (Å²) in [5.41, 5.74) is 7.58. The maximum Gasteiger partial charge on any atom is 0.253 e. The highest BCUT2D eigenvalue weighted by atomic mass is 16.3. The van der Waals surface area contributed by atoms with Gasteiger partial charge in [0.2, 0.25) is 0 Å². The highest BCUT2D eigenvalue weighted by Crippen LogP contribution is 2.19. The van der Waals surface area contributed by atoms with Crippen LogP contribution in [0.25, 0.3) is 0 Å². The Hall–Kier alpha value is -1.75. The smallest absolute Gasteiger partial charge is 0.253 e. The van der Waals surface area contributed by atoms with Crippen LogP contribution in [0.1, 0.15) is 24.2 Å². The number of carbonyl (C=O) groups is 1. The number of benzene rings is 1. The number of anilines is 2. The molecule has 0 saturated carbocycles. The summed E-state index contributed by atoms with van der Waals surface area (Å²) < 4.78 is 0. The quantitative estimate of drug-likeness (QED) is 0.569. The Morgan fingerprint density at radius 2 is 2.22 bits per heavy atom. The van der Waals surface area contributed by atoms with Crippen molar-refractivity contribution in [1.29, 1.82) is 0 Å². The number of nitrogen functional groups attached to an aromatic ring is 1.